The van der Waals surface area contributed by atoms with Crippen LogP contribution >= 0.6 is 0 Å². The van der Waals surface area contributed by atoms with Crippen molar-refractivity contribution in [2.24, 2.45) is 5.92 Å². The lowest BCUT2D eigenvalue weighted by atomic mass is 9.87. The van der Waals surface area contributed by atoms with Gasteiger partial charge in [-0.15, -0.1) is 0 Å². The number of carbonyl (C=O) groups is 1. The molecule has 3 rings (SSSR count). The molecule has 1 aliphatic heterocycles. The molecular formula is C16H20O4. The van der Waals surface area contributed by atoms with Gasteiger partial charge in [0.05, 0.1) is 0 Å². The van der Waals surface area contributed by atoms with Crippen molar-refractivity contribution in [3.8, 4) is 17.2 Å². The van der Waals surface area contributed by atoms with E-state index in [0.717, 1.165) is 12.8 Å². The second kappa shape index (κ2) is 6.16. The second-order valence-corrected chi connectivity index (χ2v) is 5.49. The van der Waals surface area contributed by atoms with Crippen LogP contribution in [0.4, 0.5) is 0 Å². The van der Waals surface area contributed by atoms with Gasteiger partial charge in [0.15, 0.2) is 11.5 Å². The molecular weight excluding hydrogens is 256 g/mol. The molecule has 4 nitrogen and oxygen atoms in total. The molecule has 1 fully saturated rings. The fraction of sp³-hybridized carbons (Fsp3) is 0.562. The van der Waals surface area contributed by atoms with Gasteiger partial charge in [-0.05, 0) is 30.9 Å². The zero-order valence-electron chi connectivity index (χ0n) is 11.6. The van der Waals surface area contributed by atoms with Gasteiger partial charge in [0.25, 0.3) is 0 Å². The van der Waals surface area contributed by atoms with Crippen LogP contribution in [0.2, 0.25) is 0 Å². The first-order valence-corrected chi connectivity index (χ1v) is 7.41. The van der Waals surface area contributed by atoms with Gasteiger partial charge in [0, 0.05) is 12.5 Å². The number of rotatable bonds is 3. The zero-order chi connectivity index (χ0) is 13.8. The average molecular weight is 276 g/mol. The maximum absolute atomic E-state index is 12.0. The van der Waals surface area contributed by atoms with E-state index in [1.54, 1.807) is 18.2 Å². The van der Waals surface area contributed by atoms with Crippen molar-refractivity contribution >= 4 is 5.97 Å². The lowest BCUT2D eigenvalue weighted by molar-refractivity contribution is -0.135. The van der Waals surface area contributed by atoms with E-state index in [4.69, 9.17) is 14.2 Å². The summed E-state index contributed by atoms with van der Waals surface area (Å²) in [4.78, 5) is 12.0. The third-order valence-corrected chi connectivity index (χ3v) is 3.93. The first-order valence-electron chi connectivity index (χ1n) is 7.41. The van der Waals surface area contributed by atoms with Crippen LogP contribution in [-0.2, 0) is 4.79 Å². The molecule has 1 aliphatic carbocycles. The first kappa shape index (κ1) is 13.3. The molecule has 20 heavy (non-hydrogen) atoms. The highest BCUT2D eigenvalue weighted by Gasteiger charge is 2.19. The molecule has 0 radical (unpaired) electrons. The van der Waals surface area contributed by atoms with Gasteiger partial charge in [-0.25, -0.2) is 0 Å². The van der Waals surface area contributed by atoms with Gasteiger partial charge in [-0.2, -0.15) is 0 Å². The van der Waals surface area contributed by atoms with Gasteiger partial charge >= 0.3 is 5.97 Å². The Kier molecular flexibility index (Phi) is 4.09. The number of carbonyl (C=O) groups excluding carboxylic acids is 1. The summed E-state index contributed by atoms with van der Waals surface area (Å²) in [5.41, 5.74) is 0. The number of hydrogen-bond donors (Lipinski definition) is 0. The lowest BCUT2D eigenvalue weighted by Gasteiger charge is -2.21. The van der Waals surface area contributed by atoms with E-state index in [1.165, 1.54) is 19.3 Å². The summed E-state index contributed by atoms with van der Waals surface area (Å²) >= 11 is 0. The summed E-state index contributed by atoms with van der Waals surface area (Å²) in [5.74, 6) is 2.25. The van der Waals surface area contributed by atoms with Gasteiger partial charge in [0.2, 0.25) is 0 Å². The molecule has 0 unspecified atom stereocenters. The highest BCUT2D eigenvalue weighted by molar-refractivity contribution is 5.73. The minimum atomic E-state index is -0.145. The largest absolute Gasteiger partial charge is 0.486 e. The molecule has 0 N–H and O–H groups in total. The first-order chi connectivity index (χ1) is 9.81. The maximum Gasteiger partial charge on any atom is 0.311 e. The molecule has 0 aromatic heterocycles. The molecule has 1 aromatic carbocycles. The molecule has 0 bridgehead atoms. The fourth-order valence-electron chi connectivity index (χ4n) is 2.89. The van der Waals surface area contributed by atoms with Crippen LogP contribution in [0.15, 0.2) is 18.2 Å². The van der Waals surface area contributed by atoms with E-state index in [-0.39, 0.29) is 5.97 Å². The van der Waals surface area contributed by atoms with Crippen LogP contribution in [0.5, 0.6) is 17.2 Å². The monoisotopic (exact) mass is 276 g/mol. The highest BCUT2D eigenvalue weighted by Crippen LogP contribution is 2.34. The minimum absolute atomic E-state index is 0.145. The van der Waals surface area contributed by atoms with Gasteiger partial charge in [0.1, 0.15) is 19.0 Å². The second-order valence-electron chi connectivity index (χ2n) is 5.49. The quantitative estimate of drug-likeness (QED) is 0.627. The third-order valence-electron chi connectivity index (χ3n) is 3.93. The standard InChI is InChI=1S/C16H20O4/c17-16(10-12-4-2-1-3-5-12)20-13-6-7-14-15(11-13)19-9-8-18-14/h6-7,11-12H,1-5,8-10H2. The predicted molar refractivity (Wildman–Crippen MR) is 74.3 cm³/mol. The van der Waals surface area contributed by atoms with Crippen LogP contribution < -0.4 is 14.2 Å². The van der Waals surface area contributed by atoms with E-state index >= 15 is 0 Å². The number of esters is 1. The summed E-state index contributed by atoms with van der Waals surface area (Å²) in [7, 11) is 0. The summed E-state index contributed by atoms with van der Waals surface area (Å²) in [5, 5.41) is 0. The van der Waals surface area contributed by atoms with Crippen molar-refractivity contribution in [3.05, 3.63) is 18.2 Å². The molecule has 1 aromatic rings. The molecule has 0 saturated heterocycles. The average Bonchev–Trinajstić information content (AvgIpc) is 2.48. The Labute approximate surface area is 119 Å². The number of benzene rings is 1. The molecule has 0 atom stereocenters. The van der Waals surface area contributed by atoms with Crippen LogP contribution in [0, 0.1) is 5.92 Å². The molecule has 4 heteroatoms. The predicted octanol–water partition coefficient (Wildman–Crippen LogP) is 3.33. The SMILES string of the molecule is O=C(CC1CCCCC1)Oc1ccc2c(c1)OCCO2. The Morgan fingerprint density at radius 2 is 1.85 bits per heavy atom. The Balaban J connectivity index is 1.58. The van der Waals surface area contributed by atoms with E-state index in [0.29, 0.717) is 42.8 Å². The number of hydrogen-bond acceptors (Lipinski definition) is 4. The molecule has 108 valence electrons. The van der Waals surface area contributed by atoms with Crippen LogP contribution in [0.25, 0.3) is 0 Å². The lowest BCUT2D eigenvalue weighted by Crippen LogP contribution is -2.17. The number of fused-ring (bicyclic) bond motifs is 1. The highest BCUT2D eigenvalue weighted by atomic mass is 16.6. The van der Waals surface area contributed by atoms with E-state index < -0.39 is 0 Å². The van der Waals surface area contributed by atoms with Crippen LogP contribution in [0.1, 0.15) is 38.5 Å². The third kappa shape index (κ3) is 3.24. The molecule has 0 spiro atoms. The van der Waals surface area contributed by atoms with Crippen molar-refractivity contribution in [3.63, 3.8) is 0 Å². The summed E-state index contributed by atoms with van der Waals surface area (Å²) in [6.07, 6.45) is 6.60. The van der Waals surface area contributed by atoms with Crippen molar-refractivity contribution in [1.82, 2.24) is 0 Å². The Morgan fingerprint density at radius 1 is 1.10 bits per heavy atom. The fourth-order valence-corrected chi connectivity index (χ4v) is 2.89. The van der Waals surface area contributed by atoms with Crippen molar-refractivity contribution < 1.29 is 19.0 Å². The minimum Gasteiger partial charge on any atom is -0.486 e. The molecule has 1 saturated carbocycles. The van der Waals surface area contributed by atoms with Crippen molar-refractivity contribution in [2.45, 2.75) is 38.5 Å². The van der Waals surface area contributed by atoms with Crippen LogP contribution in [-0.4, -0.2) is 19.2 Å². The van der Waals surface area contributed by atoms with Gasteiger partial charge < -0.3 is 14.2 Å². The van der Waals surface area contributed by atoms with E-state index in [2.05, 4.69) is 0 Å². The Morgan fingerprint density at radius 3 is 2.65 bits per heavy atom. The van der Waals surface area contributed by atoms with Crippen molar-refractivity contribution in [2.75, 3.05) is 13.2 Å². The normalized spacial score (nSPS) is 18.6. The Bertz CT molecular complexity index is 477. The summed E-state index contributed by atoms with van der Waals surface area (Å²) < 4.78 is 16.3. The van der Waals surface area contributed by atoms with Crippen molar-refractivity contribution in [1.29, 1.82) is 0 Å². The Hall–Kier alpha value is -1.71. The van der Waals surface area contributed by atoms with E-state index in [9.17, 15) is 4.79 Å². The smallest absolute Gasteiger partial charge is 0.311 e. The number of ether oxygens (including phenoxy) is 3. The van der Waals surface area contributed by atoms with E-state index in [1.807, 2.05) is 0 Å². The zero-order valence-corrected chi connectivity index (χ0v) is 11.6. The summed E-state index contributed by atoms with van der Waals surface area (Å²) in [6.45, 7) is 1.10. The molecule has 2 aliphatic rings. The summed E-state index contributed by atoms with van der Waals surface area (Å²) in [6, 6.07) is 5.28. The maximum atomic E-state index is 12.0. The van der Waals surface area contributed by atoms with Crippen LogP contribution in [0.3, 0.4) is 0 Å². The molecule has 0 amide bonds. The van der Waals surface area contributed by atoms with Gasteiger partial charge in [-0.1, -0.05) is 19.3 Å². The van der Waals surface area contributed by atoms with Gasteiger partial charge in [-0.3, -0.25) is 4.79 Å². The topological polar surface area (TPSA) is 44.8 Å². The molecule has 1 heterocycles.